The van der Waals surface area contributed by atoms with Crippen LogP contribution in [-0.4, -0.2) is 12.6 Å². The number of aryl methyl sites for hydroxylation is 1. The van der Waals surface area contributed by atoms with Gasteiger partial charge in [0.25, 0.3) is 0 Å². The summed E-state index contributed by atoms with van der Waals surface area (Å²) in [7, 11) is 0. The predicted molar refractivity (Wildman–Crippen MR) is 56.5 cm³/mol. The van der Waals surface area contributed by atoms with Crippen LogP contribution in [0.15, 0.2) is 24.3 Å². The van der Waals surface area contributed by atoms with Crippen LogP contribution in [0, 0.1) is 6.92 Å². The Morgan fingerprint density at radius 3 is 2.85 bits per heavy atom. The van der Waals surface area contributed by atoms with Gasteiger partial charge in [-0.25, -0.2) is 0 Å². The highest BCUT2D eigenvalue weighted by molar-refractivity contribution is 5.21. The van der Waals surface area contributed by atoms with Crippen molar-refractivity contribution in [2.75, 3.05) is 6.54 Å². The first-order chi connectivity index (χ1) is 6.22. The first kappa shape index (κ1) is 10.2. The number of hydrogen-bond acceptors (Lipinski definition) is 2. The van der Waals surface area contributed by atoms with E-state index in [0.717, 1.165) is 6.54 Å². The summed E-state index contributed by atoms with van der Waals surface area (Å²) in [6, 6.07) is 8.90. The molecule has 3 N–H and O–H groups in total. The minimum absolute atomic E-state index is 0.389. The molecule has 0 amide bonds. The van der Waals surface area contributed by atoms with Gasteiger partial charge in [-0.2, -0.15) is 0 Å². The van der Waals surface area contributed by atoms with Crippen molar-refractivity contribution in [3.8, 4) is 0 Å². The van der Waals surface area contributed by atoms with Crippen molar-refractivity contribution < 1.29 is 0 Å². The molecule has 0 aliphatic rings. The molecule has 1 rings (SSSR count). The van der Waals surface area contributed by atoms with Crippen LogP contribution in [0.2, 0.25) is 0 Å². The summed E-state index contributed by atoms with van der Waals surface area (Å²) in [5, 5.41) is 3.35. The Balaban J connectivity index is 2.45. The minimum Gasteiger partial charge on any atom is -0.329 e. The van der Waals surface area contributed by atoms with Gasteiger partial charge in [-0.05, 0) is 19.4 Å². The Labute approximate surface area is 80.1 Å². The third-order valence-corrected chi connectivity index (χ3v) is 2.09. The SMILES string of the molecule is Cc1cccc(CN[C@@H](C)CN)c1. The number of nitrogens with one attached hydrogen (secondary N) is 1. The molecule has 0 aliphatic carbocycles. The highest BCUT2D eigenvalue weighted by Crippen LogP contribution is 2.03. The molecule has 0 spiro atoms. The first-order valence-electron chi connectivity index (χ1n) is 4.71. The molecule has 1 atom stereocenters. The fourth-order valence-corrected chi connectivity index (χ4v) is 1.20. The van der Waals surface area contributed by atoms with Gasteiger partial charge in [-0.3, -0.25) is 0 Å². The zero-order chi connectivity index (χ0) is 9.68. The maximum Gasteiger partial charge on any atom is 0.0208 e. The Morgan fingerprint density at radius 2 is 2.23 bits per heavy atom. The molecular formula is C11H18N2. The second-order valence-electron chi connectivity index (χ2n) is 3.51. The molecule has 0 aromatic heterocycles. The quantitative estimate of drug-likeness (QED) is 0.732. The van der Waals surface area contributed by atoms with Gasteiger partial charge in [0.1, 0.15) is 0 Å². The van der Waals surface area contributed by atoms with Gasteiger partial charge in [0.2, 0.25) is 0 Å². The number of hydrogen-bond donors (Lipinski definition) is 2. The highest BCUT2D eigenvalue weighted by atomic mass is 14.9. The van der Waals surface area contributed by atoms with Crippen molar-refractivity contribution >= 4 is 0 Å². The molecular weight excluding hydrogens is 160 g/mol. The second kappa shape index (κ2) is 5.00. The second-order valence-corrected chi connectivity index (χ2v) is 3.51. The molecule has 0 radical (unpaired) electrons. The fraction of sp³-hybridized carbons (Fsp3) is 0.455. The van der Waals surface area contributed by atoms with E-state index in [-0.39, 0.29) is 0 Å². The summed E-state index contributed by atoms with van der Waals surface area (Å²) in [5.41, 5.74) is 8.13. The van der Waals surface area contributed by atoms with E-state index >= 15 is 0 Å². The fourth-order valence-electron chi connectivity index (χ4n) is 1.20. The van der Waals surface area contributed by atoms with Gasteiger partial charge in [0, 0.05) is 19.1 Å². The van der Waals surface area contributed by atoms with Crippen LogP contribution in [0.4, 0.5) is 0 Å². The van der Waals surface area contributed by atoms with E-state index in [1.54, 1.807) is 0 Å². The monoisotopic (exact) mass is 178 g/mol. The Bertz CT molecular complexity index is 258. The van der Waals surface area contributed by atoms with Crippen LogP contribution >= 0.6 is 0 Å². The molecule has 0 unspecified atom stereocenters. The smallest absolute Gasteiger partial charge is 0.0208 e. The predicted octanol–water partition coefficient (Wildman–Crippen LogP) is 1.43. The van der Waals surface area contributed by atoms with Gasteiger partial charge < -0.3 is 11.1 Å². The number of nitrogens with two attached hydrogens (primary N) is 1. The first-order valence-corrected chi connectivity index (χ1v) is 4.71. The van der Waals surface area contributed by atoms with E-state index in [2.05, 4.69) is 43.4 Å². The van der Waals surface area contributed by atoms with E-state index in [0.29, 0.717) is 12.6 Å². The lowest BCUT2D eigenvalue weighted by molar-refractivity contribution is 0.556. The zero-order valence-corrected chi connectivity index (χ0v) is 8.38. The van der Waals surface area contributed by atoms with Crippen molar-refractivity contribution in [3.63, 3.8) is 0 Å². The topological polar surface area (TPSA) is 38.0 Å². The van der Waals surface area contributed by atoms with Crippen LogP contribution in [0.1, 0.15) is 18.1 Å². The van der Waals surface area contributed by atoms with E-state index in [4.69, 9.17) is 5.73 Å². The lowest BCUT2D eigenvalue weighted by atomic mass is 10.1. The van der Waals surface area contributed by atoms with Crippen LogP contribution in [0.3, 0.4) is 0 Å². The molecule has 0 heterocycles. The standard InChI is InChI=1S/C11H18N2/c1-9-4-3-5-11(6-9)8-13-10(2)7-12/h3-6,10,13H,7-8,12H2,1-2H3/t10-/m0/s1. The molecule has 1 aromatic carbocycles. The third-order valence-electron chi connectivity index (χ3n) is 2.09. The maximum absolute atomic E-state index is 5.50. The summed E-state index contributed by atoms with van der Waals surface area (Å²) < 4.78 is 0. The molecule has 0 fully saturated rings. The van der Waals surface area contributed by atoms with E-state index < -0.39 is 0 Å². The van der Waals surface area contributed by atoms with E-state index in [1.807, 2.05) is 0 Å². The Morgan fingerprint density at radius 1 is 1.46 bits per heavy atom. The molecule has 2 heteroatoms. The molecule has 0 aliphatic heterocycles. The van der Waals surface area contributed by atoms with Gasteiger partial charge >= 0.3 is 0 Å². The summed E-state index contributed by atoms with van der Waals surface area (Å²) >= 11 is 0. The van der Waals surface area contributed by atoms with Crippen LogP contribution in [0.25, 0.3) is 0 Å². The summed E-state index contributed by atoms with van der Waals surface area (Å²) in [6.45, 7) is 5.79. The van der Waals surface area contributed by atoms with Crippen molar-refractivity contribution in [2.45, 2.75) is 26.4 Å². The van der Waals surface area contributed by atoms with Crippen molar-refractivity contribution in [1.82, 2.24) is 5.32 Å². The average molecular weight is 178 g/mol. The largest absolute Gasteiger partial charge is 0.329 e. The van der Waals surface area contributed by atoms with Crippen LogP contribution in [-0.2, 0) is 6.54 Å². The van der Waals surface area contributed by atoms with Crippen LogP contribution < -0.4 is 11.1 Å². The number of rotatable bonds is 4. The molecule has 2 nitrogen and oxygen atoms in total. The van der Waals surface area contributed by atoms with Crippen molar-refractivity contribution in [3.05, 3.63) is 35.4 Å². The number of benzene rings is 1. The van der Waals surface area contributed by atoms with Gasteiger partial charge in [0.05, 0.1) is 0 Å². The summed E-state index contributed by atoms with van der Waals surface area (Å²) in [5.74, 6) is 0. The maximum atomic E-state index is 5.50. The minimum atomic E-state index is 0.389. The van der Waals surface area contributed by atoms with Crippen LogP contribution in [0.5, 0.6) is 0 Å². The molecule has 0 bridgehead atoms. The average Bonchev–Trinajstić information content (AvgIpc) is 2.14. The molecule has 0 saturated carbocycles. The van der Waals surface area contributed by atoms with E-state index in [1.165, 1.54) is 11.1 Å². The lowest BCUT2D eigenvalue weighted by Gasteiger charge is -2.11. The Kier molecular flexibility index (Phi) is 3.93. The van der Waals surface area contributed by atoms with Crippen molar-refractivity contribution in [1.29, 1.82) is 0 Å². The summed E-state index contributed by atoms with van der Waals surface area (Å²) in [6.07, 6.45) is 0. The molecule has 72 valence electrons. The van der Waals surface area contributed by atoms with Gasteiger partial charge in [0.15, 0.2) is 0 Å². The third kappa shape index (κ3) is 3.57. The van der Waals surface area contributed by atoms with Gasteiger partial charge in [-0.1, -0.05) is 29.8 Å². The molecule has 0 saturated heterocycles. The highest BCUT2D eigenvalue weighted by Gasteiger charge is 1.97. The van der Waals surface area contributed by atoms with Crippen molar-refractivity contribution in [2.24, 2.45) is 5.73 Å². The summed E-state index contributed by atoms with van der Waals surface area (Å²) in [4.78, 5) is 0. The van der Waals surface area contributed by atoms with E-state index in [9.17, 15) is 0 Å². The molecule has 1 aromatic rings. The lowest BCUT2D eigenvalue weighted by Crippen LogP contribution is -2.32. The normalized spacial score (nSPS) is 12.8. The zero-order valence-electron chi connectivity index (χ0n) is 8.38. The Hall–Kier alpha value is -0.860. The molecule has 13 heavy (non-hydrogen) atoms. The van der Waals surface area contributed by atoms with Gasteiger partial charge in [-0.15, -0.1) is 0 Å².